The summed E-state index contributed by atoms with van der Waals surface area (Å²) in [5.74, 6) is 1.59. The number of rotatable bonds is 7. The molecule has 2 aromatic rings. The number of hydrogen-bond donors (Lipinski definition) is 1. The summed E-state index contributed by atoms with van der Waals surface area (Å²) in [7, 11) is -3.47. The third-order valence-electron chi connectivity index (χ3n) is 5.53. The van der Waals surface area contributed by atoms with E-state index in [0.717, 1.165) is 42.0 Å². The Hall–Kier alpha value is -2.35. The summed E-state index contributed by atoms with van der Waals surface area (Å²) in [5, 5.41) is 1.24. The van der Waals surface area contributed by atoms with Gasteiger partial charge in [0.2, 0.25) is 10.0 Å². The number of nitrogens with one attached hydrogen (secondary N) is 1. The minimum Gasteiger partial charge on any atom is -0.486 e. The first-order valence-corrected chi connectivity index (χ1v) is 11.9. The molecule has 2 heterocycles. The molecule has 0 amide bonds. The van der Waals surface area contributed by atoms with Gasteiger partial charge in [0.05, 0.1) is 0 Å². The highest BCUT2D eigenvalue weighted by molar-refractivity contribution is 7.92. The number of aryl methyl sites for hydroxylation is 1. The first-order chi connectivity index (χ1) is 14.5. The van der Waals surface area contributed by atoms with E-state index in [9.17, 15) is 8.42 Å². The van der Waals surface area contributed by atoms with Crippen LogP contribution in [0.1, 0.15) is 35.6 Å². The van der Waals surface area contributed by atoms with Crippen LogP contribution < -0.4 is 14.2 Å². The molecule has 1 unspecified atom stereocenters. The van der Waals surface area contributed by atoms with E-state index in [2.05, 4.69) is 21.8 Å². The summed E-state index contributed by atoms with van der Waals surface area (Å²) in [6.07, 6.45) is 3.77. The molecule has 7 heteroatoms. The lowest BCUT2D eigenvalue weighted by Crippen LogP contribution is -2.34. The molecular weight excluding hydrogens is 400 g/mol. The van der Waals surface area contributed by atoms with E-state index in [1.165, 1.54) is 11.0 Å². The van der Waals surface area contributed by atoms with Crippen LogP contribution in [0.15, 0.2) is 47.9 Å². The Kier molecular flexibility index (Phi) is 6.41. The molecule has 0 aliphatic carbocycles. The molecule has 4 rings (SSSR count). The van der Waals surface area contributed by atoms with Gasteiger partial charge in [-0.05, 0) is 55.6 Å². The summed E-state index contributed by atoms with van der Waals surface area (Å²) in [6.45, 7) is 5.16. The second-order valence-electron chi connectivity index (χ2n) is 7.75. The van der Waals surface area contributed by atoms with Crippen molar-refractivity contribution >= 4 is 16.1 Å². The molecule has 0 radical (unpaired) electrons. The molecule has 2 aromatic carbocycles. The highest BCUT2D eigenvalue weighted by Gasteiger charge is 2.27. The SMILES string of the molecule is Cc1ccc(/C=C/S(=O)(=O)NCCN2CCCC2c2ccc3c(c2)OCCO3)cc1. The van der Waals surface area contributed by atoms with Crippen molar-refractivity contribution in [2.45, 2.75) is 25.8 Å². The quantitative estimate of drug-likeness (QED) is 0.731. The molecule has 30 heavy (non-hydrogen) atoms. The second kappa shape index (κ2) is 9.20. The maximum atomic E-state index is 12.3. The summed E-state index contributed by atoms with van der Waals surface area (Å²) < 4.78 is 38.6. The van der Waals surface area contributed by atoms with Crippen molar-refractivity contribution in [3.8, 4) is 11.5 Å². The summed E-state index contributed by atoms with van der Waals surface area (Å²) in [5.41, 5.74) is 3.20. The summed E-state index contributed by atoms with van der Waals surface area (Å²) >= 11 is 0. The van der Waals surface area contributed by atoms with Gasteiger partial charge >= 0.3 is 0 Å². The van der Waals surface area contributed by atoms with Crippen molar-refractivity contribution < 1.29 is 17.9 Å². The lowest BCUT2D eigenvalue weighted by Gasteiger charge is -2.26. The second-order valence-corrected chi connectivity index (χ2v) is 9.40. The van der Waals surface area contributed by atoms with E-state index in [4.69, 9.17) is 9.47 Å². The van der Waals surface area contributed by atoms with Crippen molar-refractivity contribution in [2.24, 2.45) is 0 Å². The number of sulfonamides is 1. The van der Waals surface area contributed by atoms with Gasteiger partial charge in [-0.25, -0.2) is 13.1 Å². The number of hydrogen-bond acceptors (Lipinski definition) is 5. The van der Waals surface area contributed by atoms with Gasteiger partial charge in [-0.2, -0.15) is 0 Å². The normalized spacial score (nSPS) is 19.4. The number of benzene rings is 2. The van der Waals surface area contributed by atoms with Crippen LogP contribution in [0.3, 0.4) is 0 Å². The Morgan fingerprint density at radius 3 is 2.67 bits per heavy atom. The van der Waals surface area contributed by atoms with Crippen molar-refractivity contribution in [3.05, 3.63) is 64.6 Å². The smallest absolute Gasteiger partial charge is 0.233 e. The zero-order valence-corrected chi connectivity index (χ0v) is 18.0. The van der Waals surface area contributed by atoms with Crippen molar-refractivity contribution in [3.63, 3.8) is 0 Å². The Bertz CT molecular complexity index is 1000. The third kappa shape index (κ3) is 5.22. The van der Waals surface area contributed by atoms with Crippen LogP contribution in [0.2, 0.25) is 0 Å². The van der Waals surface area contributed by atoms with Crippen LogP contribution in [0.4, 0.5) is 0 Å². The van der Waals surface area contributed by atoms with E-state index in [-0.39, 0.29) is 6.04 Å². The van der Waals surface area contributed by atoms with Gasteiger partial charge in [-0.1, -0.05) is 35.9 Å². The minimum absolute atomic E-state index is 0.272. The molecule has 160 valence electrons. The molecule has 2 aliphatic rings. The fourth-order valence-corrected chi connectivity index (χ4v) is 4.77. The highest BCUT2D eigenvalue weighted by Crippen LogP contribution is 2.37. The largest absolute Gasteiger partial charge is 0.486 e. The maximum Gasteiger partial charge on any atom is 0.233 e. The van der Waals surface area contributed by atoms with Gasteiger partial charge in [-0.3, -0.25) is 4.90 Å². The Balaban J connectivity index is 1.33. The van der Waals surface area contributed by atoms with Gasteiger partial charge in [0, 0.05) is 24.5 Å². The molecule has 0 spiro atoms. The fraction of sp³-hybridized carbons (Fsp3) is 0.391. The molecule has 0 aromatic heterocycles. The average Bonchev–Trinajstić information content (AvgIpc) is 3.21. The molecule has 1 N–H and O–H groups in total. The van der Waals surface area contributed by atoms with E-state index in [1.54, 1.807) is 6.08 Å². The molecule has 2 aliphatic heterocycles. The Morgan fingerprint density at radius 2 is 1.87 bits per heavy atom. The van der Waals surface area contributed by atoms with Gasteiger partial charge in [0.15, 0.2) is 11.5 Å². The van der Waals surface area contributed by atoms with E-state index in [0.29, 0.717) is 26.3 Å². The molecule has 1 atom stereocenters. The predicted octanol–water partition coefficient (Wildman–Crippen LogP) is 3.49. The molecule has 0 saturated carbocycles. The lowest BCUT2D eigenvalue weighted by molar-refractivity contribution is 0.170. The zero-order chi connectivity index (χ0) is 21.0. The number of likely N-dealkylation sites (tertiary alicyclic amines) is 1. The van der Waals surface area contributed by atoms with Gasteiger partial charge < -0.3 is 9.47 Å². The molecule has 0 bridgehead atoms. The molecular formula is C23H28N2O4S. The Labute approximate surface area is 178 Å². The van der Waals surface area contributed by atoms with Crippen molar-refractivity contribution in [2.75, 3.05) is 32.8 Å². The molecule has 6 nitrogen and oxygen atoms in total. The highest BCUT2D eigenvalue weighted by atomic mass is 32.2. The maximum absolute atomic E-state index is 12.3. The lowest BCUT2D eigenvalue weighted by atomic mass is 10.0. The van der Waals surface area contributed by atoms with Gasteiger partial charge in [-0.15, -0.1) is 0 Å². The monoisotopic (exact) mass is 428 g/mol. The molecule has 1 saturated heterocycles. The van der Waals surface area contributed by atoms with Crippen molar-refractivity contribution in [1.29, 1.82) is 0 Å². The van der Waals surface area contributed by atoms with Gasteiger partial charge in [0.25, 0.3) is 0 Å². The van der Waals surface area contributed by atoms with E-state index < -0.39 is 10.0 Å². The summed E-state index contributed by atoms with van der Waals surface area (Å²) in [6, 6.07) is 14.1. The van der Waals surface area contributed by atoms with Crippen LogP contribution in [-0.2, 0) is 10.0 Å². The van der Waals surface area contributed by atoms with Crippen LogP contribution in [0, 0.1) is 6.92 Å². The van der Waals surface area contributed by atoms with Crippen molar-refractivity contribution in [1.82, 2.24) is 9.62 Å². The summed E-state index contributed by atoms with van der Waals surface area (Å²) in [4.78, 5) is 2.33. The van der Waals surface area contributed by atoms with Crippen LogP contribution >= 0.6 is 0 Å². The topological polar surface area (TPSA) is 67.9 Å². The average molecular weight is 429 g/mol. The number of fused-ring (bicyclic) bond motifs is 1. The number of ether oxygens (including phenoxy) is 2. The Morgan fingerprint density at radius 1 is 1.10 bits per heavy atom. The molecule has 1 fully saturated rings. The zero-order valence-electron chi connectivity index (χ0n) is 17.2. The first-order valence-electron chi connectivity index (χ1n) is 10.4. The fourth-order valence-electron chi connectivity index (χ4n) is 3.96. The number of nitrogens with zero attached hydrogens (tertiary/aromatic N) is 1. The van der Waals surface area contributed by atoms with Crippen LogP contribution in [-0.4, -0.2) is 46.2 Å². The van der Waals surface area contributed by atoms with E-state index >= 15 is 0 Å². The van der Waals surface area contributed by atoms with E-state index in [1.807, 2.05) is 37.3 Å². The first kappa shape index (κ1) is 20.9. The van der Waals surface area contributed by atoms with Gasteiger partial charge in [0.1, 0.15) is 13.2 Å². The van der Waals surface area contributed by atoms with Crippen LogP contribution in [0.25, 0.3) is 6.08 Å². The standard InChI is InChI=1S/C23H28N2O4S/c1-18-4-6-19(7-5-18)10-16-30(26,27)24-11-13-25-12-2-3-21(25)20-8-9-22-23(17-20)29-15-14-28-22/h4-10,16-17,21,24H,2-3,11-15H2,1H3/b16-10+. The van der Waals surface area contributed by atoms with Crippen LogP contribution in [0.5, 0.6) is 11.5 Å². The predicted molar refractivity (Wildman–Crippen MR) is 118 cm³/mol. The third-order valence-corrected chi connectivity index (χ3v) is 6.63. The minimum atomic E-state index is -3.47.